The number of sulfone groups is 1. The highest BCUT2D eigenvalue weighted by atomic mass is 32.2. The van der Waals surface area contributed by atoms with Gasteiger partial charge in [0, 0.05) is 17.9 Å². The van der Waals surface area contributed by atoms with Crippen LogP contribution in [0.3, 0.4) is 0 Å². The molecule has 0 saturated heterocycles. The largest absolute Gasteiger partial charge is 0.349 e. The Labute approximate surface area is 108 Å². The summed E-state index contributed by atoms with van der Waals surface area (Å²) in [6, 6.07) is 0.348. The topological polar surface area (TPSA) is 63.2 Å². The standard InChI is InChI=1S/C11H12F3NO3S/c1-6(5-19(2,17)18)15-11(16)7-3-8(12)10(14)9(13)4-7/h3-4,6H,5H2,1-2H3,(H,15,16). The second kappa shape index (κ2) is 5.60. The highest BCUT2D eigenvalue weighted by molar-refractivity contribution is 7.90. The minimum Gasteiger partial charge on any atom is -0.349 e. The first-order chi connectivity index (χ1) is 8.60. The Balaban J connectivity index is 2.85. The maximum absolute atomic E-state index is 12.9. The van der Waals surface area contributed by atoms with Gasteiger partial charge in [-0.05, 0) is 19.1 Å². The van der Waals surface area contributed by atoms with Crippen LogP contribution in [0.25, 0.3) is 0 Å². The summed E-state index contributed by atoms with van der Waals surface area (Å²) >= 11 is 0. The van der Waals surface area contributed by atoms with Crippen LogP contribution in [0.4, 0.5) is 13.2 Å². The number of rotatable bonds is 4. The van der Waals surface area contributed by atoms with Crippen LogP contribution >= 0.6 is 0 Å². The third kappa shape index (κ3) is 4.55. The first-order valence-electron chi connectivity index (χ1n) is 5.23. The second-order valence-corrected chi connectivity index (χ2v) is 6.41. The fraction of sp³-hybridized carbons (Fsp3) is 0.364. The Hall–Kier alpha value is -1.57. The van der Waals surface area contributed by atoms with Gasteiger partial charge in [0.1, 0.15) is 9.84 Å². The summed E-state index contributed by atoms with van der Waals surface area (Å²) in [5, 5.41) is 2.25. The number of benzene rings is 1. The highest BCUT2D eigenvalue weighted by Gasteiger charge is 2.18. The number of halogens is 3. The molecule has 0 bridgehead atoms. The summed E-state index contributed by atoms with van der Waals surface area (Å²) in [5.74, 6) is -5.83. The number of nitrogens with one attached hydrogen (secondary N) is 1. The lowest BCUT2D eigenvalue weighted by molar-refractivity contribution is 0.0942. The van der Waals surface area contributed by atoms with E-state index in [-0.39, 0.29) is 5.75 Å². The lowest BCUT2D eigenvalue weighted by atomic mass is 10.2. The van der Waals surface area contributed by atoms with E-state index in [9.17, 15) is 26.4 Å². The molecule has 0 fully saturated rings. The van der Waals surface area contributed by atoms with Gasteiger partial charge in [-0.2, -0.15) is 0 Å². The van der Waals surface area contributed by atoms with Crippen molar-refractivity contribution in [3.05, 3.63) is 35.1 Å². The van der Waals surface area contributed by atoms with Crippen molar-refractivity contribution in [1.82, 2.24) is 5.32 Å². The fourth-order valence-corrected chi connectivity index (χ4v) is 2.48. The van der Waals surface area contributed by atoms with Crippen molar-refractivity contribution in [3.63, 3.8) is 0 Å². The van der Waals surface area contributed by atoms with E-state index in [1.807, 2.05) is 0 Å². The quantitative estimate of drug-likeness (QED) is 0.851. The van der Waals surface area contributed by atoms with Crippen LogP contribution in [0.2, 0.25) is 0 Å². The summed E-state index contributed by atoms with van der Waals surface area (Å²) in [7, 11) is -3.30. The Kier molecular flexibility index (Phi) is 4.56. The molecule has 19 heavy (non-hydrogen) atoms. The van der Waals surface area contributed by atoms with E-state index in [0.717, 1.165) is 6.26 Å². The number of carbonyl (C=O) groups is 1. The average Bonchev–Trinajstić information content (AvgIpc) is 2.22. The summed E-state index contributed by atoms with van der Waals surface area (Å²) < 4.78 is 60.5. The van der Waals surface area contributed by atoms with Crippen LogP contribution < -0.4 is 5.32 Å². The van der Waals surface area contributed by atoms with Gasteiger partial charge < -0.3 is 5.32 Å². The zero-order chi connectivity index (χ0) is 14.8. The van der Waals surface area contributed by atoms with Gasteiger partial charge in [-0.25, -0.2) is 21.6 Å². The second-order valence-electron chi connectivity index (χ2n) is 4.22. The van der Waals surface area contributed by atoms with E-state index in [0.29, 0.717) is 12.1 Å². The molecule has 1 amide bonds. The van der Waals surface area contributed by atoms with Gasteiger partial charge in [-0.15, -0.1) is 0 Å². The maximum Gasteiger partial charge on any atom is 0.251 e. The molecule has 1 aromatic rings. The minimum absolute atomic E-state index is 0.315. The summed E-state index contributed by atoms with van der Waals surface area (Å²) in [6.45, 7) is 1.43. The van der Waals surface area contributed by atoms with Crippen molar-refractivity contribution in [1.29, 1.82) is 0 Å². The number of amides is 1. The van der Waals surface area contributed by atoms with E-state index in [4.69, 9.17) is 0 Å². The average molecular weight is 295 g/mol. The molecular formula is C11H12F3NO3S. The fourth-order valence-electron chi connectivity index (χ4n) is 1.49. The van der Waals surface area contributed by atoms with Crippen LogP contribution in [0.15, 0.2) is 12.1 Å². The number of hydrogen-bond acceptors (Lipinski definition) is 3. The van der Waals surface area contributed by atoms with E-state index >= 15 is 0 Å². The summed E-state index contributed by atoms with van der Waals surface area (Å²) in [6.07, 6.45) is 0.993. The van der Waals surface area contributed by atoms with E-state index in [2.05, 4.69) is 5.32 Å². The molecule has 1 rings (SSSR count). The van der Waals surface area contributed by atoms with Crippen LogP contribution in [0.5, 0.6) is 0 Å². The molecule has 4 nitrogen and oxygen atoms in total. The van der Waals surface area contributed by atoms with Crippen molar-refractivity contribution in [3.8, 4) is 0 Å². The Bertz CT molecular complexity index is 578. The molecule has 0 aromatic heterocycles. The van der Waals surface area contributed by atoms with Crippen molar-refractivity contribution < 1.29 is 26.4 Å². The molecule has 0 spiro atoms. The molecule has 0 radical (unpaired) electrons. The van der Waals surface area contributed by atoms with Gasteiger partial charge in [0.05, 0.1) is 5.75 Å². The van der Waals surface area contributed by atoms with Gasteiger partial charge in [-0.3, -0.25) is 4.79 Å². The lowest BCUT2D eigenvalue weighted by Crippen LogP contribution is -2.37. The van der Waals surface area contributed by atoms with Crippen LogP contribution in [0.1, 0.15) is 17.3 Å². The Morgan fingerprint density at radius 3 is 2.16 bits per heavy atom. The zero-order valence-corrected chi connectivity index (χ0v) is 11.0. The molecule has 0 aliphatic carbocycles. The molecule has 1 atom stereocenters. The molecule has 106 valence electrons. The van der Waals surface area contributed by atoms with Gasteiger partial charge in [0.2, 0.25) is 0 Å². The summed E-state index contributed by atoms with van der Waals surface area (Å²) in [4.78, 5) is 11.6. The molecule has 0 aliphatic heterocycles. The van der Waals surface area contributed by atoms with E-state index in [1.165, 1.54) is 6.92 Å². The minimum atomic E-state index is -3.30. The van der Waals surface area contributed by atoms with E-state index < -0.39 is 44.8 Å². The highest BCUT2D eigenvalue weighted by Crippen LogP contribution is 2.13. The smallest absolute Gasteiger partial charge is 0.251 e. The molecule has 0 aliphatic rings. The van der Waals surface area contributed by atoms with Crippen molar-refractivity contribution in [2.24, 2.45) is 0 Å². The van der Waals surface area contributed by atoms with Crippen molar-refractivity contribution in [2.45, 2.75) is 13.0 Å². The molecule has 0 heterocycles. The van der Waals surface area contributed by atoms with E-state index in [1.54, 1.807) is 0 Å². The third-order valence-corrected chi connectivity index (χ3v) is 3.28. The lowest BCUT2D eigenvalue weighted by Gasteiger charge is -2.13. The Morgan fingerprint density at radius 2 is 1.74 bits per heavy atom. The number of hydrogen-bond donors (Lipinski definition) is 1. The maximum atomic E-state index is 12.9. The predicted octanol–water partition coefficient (Wildman–Crippen LogP) is 1.27. The van der Waals surface area contributed by atoms with Gasteiger partial charge in [0.25, 0.3) is 5.91 Å². The monoisotopic (exact) mass is 295 g/mol. The molecule has 8 heteroatoms. The first kappa shape index (κ1) is 15.5. The third-order valence-electron chi connectivity index (χ3n) is 2.18. The van der Waals surface area contributed by atoms with Crippen LogP contribution in [-0.4, -0.2) is 32.4 Å². The number of carbonyl (C=O) groups excluding carboxylic acids is 1. The Morgan fingerprint density at radius 1 is 1.26 bits per heavy atom. The molecular weight excluding hydrogens is 283 g/mol. The van der Waals surface area contributed by atoms with Crippen molar-refractivity contribution in [2.75, 3.05) is 12.0 Å². The predicted molar refractivity (Wildman–Crippen MR) is 63.0 cm³/mol. The normalized spacial score (nSPS) is 13.1. The molecule has 1 unspecified atom stereocenters. The van der Waals surface area contributed by atoms with Crippen LogP contribution in [-0.2, 0) is 9.84 Å². The van der Waals surface area contributed by atoms with Gasteiger partial charge >= 0.3 is 0 Å². The van der Waals surface area contributed by atoms with Gasteiger partial charge in [-0.1, -0.05) is 0 Å². The SMILES string of the molecule is CC(CS(C)(=O)=O)NC(=O)c1cc(F)c(F)c(F)c1. The van der Waals surface area contributed by atoms with Crippen LogP contribution in [0, 0.1) is 17.5 Å². The van der Waals surface area contributed by atoms with Gasteiger partial charge in [0.15, 0.2) is 17.5 Å². The molecule has 1 aromatic carbocycles. The van der Waals surface area contributed by atoms with Crippen molar-refractivity contribution >= 4 is 15.7 Å². The summed E-state index contributed by atoms with van der Waals surface area (Å²) in [5.41, 5.74) is -0.420. The molecule has 1 N–H and O–H groups in total. The zero-order valence-electron chi connectivity index (χ0n) is 10.2. The first-order valence-corrected chi connectivity index (χ1v) is 7.29. The molecule has 0 saturated carbocycles.